The summed E-state index contributed by atoms with van der Waals surface area (Å²) in [6.07, 6.45) is 0. The van der Waals surface area contributed by atoms with Crippen molar-refractivity contribution < 1.29 is 9.84 Å². The molecule has 1 heterocycles. The fourth-order valence-electron chi connectivity index (χ4n) is 4.47. The third-order valence-corrected chi connectivity index (χ3v) is 10.3. The van der Waals surface area contributed by atoms with Gasteiger partial charge in [0.05, 0.1) is 0 Å². The van der Waals surface area contributed by atoms with E-state index in [1.807, 2.05) is 121 Å². The summed E-state index contributed by atoms with van der Waals surface area (Å²) in [7, 11) is 0. The highest BCUT2D eigenvalue weighted by Gasteiger charge is 2.47. The standard InChI is InChI=1S/C29H23N2O2P/c30-21-27(29(32)22-31-28(33-29)23-13-5-1-6-14-23)34(24-15-7-2-8-16-24,25-17-9-3-10-18-25)26-19-11-4-12-20-26/h1-20,32H,22H2. The van der Waals surface area contributed by atoms with Crippen molar-refractivity contribution in [3.63, 3.8) is 0 Å². The number of aliphatic imine (C=N–C) groups is 1. The number of benzene rings is 4. The number of rotatable bonds is 5. The zero-order valence-corrected chi connectivity index (χ0v) is 19.3. The maximum absolute atomic E-state index is 11.9. The van der Waals surface area contributed by atoms with Crippen molar-refractivity contribution in [2.75, 3.05) is 6.54 Å². The van der Waals surface area contributed by atoms with E-state index < -0.39 is 12.7 Å². The topological polar surface area (TPSA) is 65.6 Å². The Balaban J connectivity index is 1.84. The summed E-state index contributed by atoms with van der Waals surface area (Å²) in [6, 6.07) is 41.7. The summed E-state index contributed by atoms with van der Waals surface area (Å²) < 4.78 is 6.13. The molecule has 0 saturated carbocycles. The molecule has 0 amide bonds. The maximum Gasteiger partial charge on any atom is 0.267 e. The Bertz CT molecular complexity index is 1310. The summed E-state index contributed by atoms with van der Waals surface area (Å²) in [5, 5.41) is 25.8. The molecule has 0 radical (unpaired) electrons. The molecule has 4 nitrogen and oxygen atoms in total. The lowest BCUT2D eigenvalue weighted by atomic mass is 10.2. The molecule has 1 atom stereocenters. The van der Waals surface area contributed by atoms with Crippen molar-refractivity contribution in [3.8, 4) is 6.07 Å². The van der Waals surface area contributed by atoms with Gasteiger partial charge >= 0.3 is 0 Å². The van der Waals surface area contributed by atoms with Crippen LogP contribution >= 0.6 is 6.89 Å². The fourth-order valence-corrected chi connectivity index (χ4v) is 8.79. The van der Waals surface area contributed by atoms with E-state index in [4.69, 9.17) is 4.74 Å². The van der Waals surface area contributed by atoms with Crippen LogP contribution in [-0.2, 0) is 4.74 Å². The highest BCUT2D eigenvalue weighted by atomic mass is 31.2. The number of aliphatic hydroxyl groups is 1. The van der Waals surface area contributed by atoms with E-state index in [1.54, 1.807) is 0 Å². The SMILES string of the molecule is N#CC(C1(O)CN=C(c2ccccc2)O1)=P(c1ccccc1)(c1ccccc1)c1ccccc1. The Hall–Kier alpha value is -3.90. The Morgan fingerprint density at radius 1 is 0.735 bits per heavy atom. The normalized spacial score (nSPS) is 17.4. The Morgan fingerprint density at radius 3 is 1.56 bits per heavy atom. The van der Waals surface area contributed by atoms with Crippen LogP contribution in [0, 0.1) is 11.3 Å². The maximum atomic E-state index is 11.9. The van der Waals surface area contributed by atoms with Gasteiger partial charge in [0.25, 0.3) is 5.79 Å². The summed E-state index contributed by atoms with van der Waals surface area (Å²) in [4.78, 5) is 4.51. The minimum Gasteiger partial charge on any atom is -0.438 e. The average Bonchev–Trinajstić information content (AvgIpc) is 3.32. The van der Waals surface area contributed by atoms with E-state index in [0.717, 1.165) is 21.5 Å². The zero-order valence-electron chi connectivity index (χ0n) is 18.5. The predicted molar refractivity (Wildman–Crippen MR) is 140 cm³/mol. The first-order valence-electron chi connectivity index (χ1n) is 11.0. The lowest BCUT2D eigenvalue weighted by Gasteiger charge is -2.34. The van der Waals surface area contributed by atoms with Crippen LogP contribution in [0.3, 0.4) is 0 Å². The molecule has 5 rings (SSSR count). The molecule has 0 spiro atoms. The van der Waals surface area contributed by atoms with Gasteiger partial charge in [-0.3, -0.25) is 0 Å². The van der Waals surface area contributed by atoms with Crippen LogP contribution in [0.1, 0.15) is 5.56 Å². The van der Waals surface area contributed by atoms with Gasteiger partial charge in [-0.1, -0.05) is 109 Å². The minimum absolute atomic E-state index is 0.0473. The third kappa shape index (κ3) is 3.66. The lowest BCUT2D eigenvalue weighted by Crippen LogP contribution is -2.46. The number of nitriles is 1. The fraction of sp³-hybridized carbons (Fsp3) is 0.0690. The van der Waals surface area contributed by atoms with Gasteiger partial charge in [-0.05, 0) is 34.9 Å². The monoisotopic (exact) mass is 462 g/mol. The third-order valence-electron chi connectivity index (χ3n) is 5.97. The van der Waals surface area contributed by atoms with Crippen LogP contribution in [0.4, 0.5) is 0 Å². The minimum atomic E-state index is -2.79. The van der Waals surface area contributed by atoms with E-state index in [0.29, 0.717) is 5.90 Å². The van der Waals surface area contributed by atoms with Gasteiger partial charge < -0.3 is 9.84 Å². The van der Waals surface area contributed by atoms with Crippen LogP contribution in [0.2, 0.25) is 0 Å². The molecule has 1 aliphatic heterocycles. The molecule has 4 aromatic carbocycles. The molecule has 0 aliphatic carbocycles. The summed E-state index contributed by atoms with van der Waals surface area (Å²) >= 11 is 0. The molecule has 34 heavy (non-hydrogen) atoms. The van der Waals surface area contributed by atoms with Gasteiger partial charge in [-0.2, -0.15) is 5.26 Å². The molecule has 166 valence electrons. The van der Waals surface area contributed by atoms with E-state index >= 15 is 0 Å². The van der Waals surface area contributed by atoms with Crippen molar-refractivity contribution in [1.29, 1.82) is 5.26 Å². The Morgan fingerprint density at radius 2 is 1.15 bits per heavy atom. The van der Waals surface area contributed by atoms with Crippen molar-refractivity contribution in [1.82, 2.24) is 0 Å². The second-order valence-corrected chi connectivity index (χ2v) is 11.3. The second kappa shape index (κ2) is 9.15. The molecule has 1 N–H and O–H groups in total. The lowest BCUT2D eigenvalue weighted by molar-refractivity contribution is -0.0580. The van der Waals surface area contributed by atoms with Crippen LogP contribution in [0.15, 0.2) is 126 Å². The first-order valence-corrected chi connectivity index (χ1v) is 12.8. The first-order chi connectivity index (χ1) is 16.7. The molecular formula is C29H23N2O2P. The van der Waals surface area contributed by atoms with Gasteiger partial charge in [-0.25, -0.2) is 4.99 Å². The van der Waals surface area contributed by atoms with E-state index in [2.05, 4.69) is 11.1 Å². The largest absolute Gasteiger partial charge is 0.438 e. The molecule has 1 aliphatic rings. The van der Waals surface area contributed by atoms with E-state index in [1.165, 1.54) is 0 Å². The smallest absolute Gasteiger partial charge is 0.267 e. The molecular weight excluding hydrogens is 439 g/mol. The van der Waals surface area contributed by atoms with Crippen molar-refractivity contribution >= 4 is 34.0 Å². The number of hydrogen-bond donors (Lipinski definition) is 1. The predicted octanol–water partition coefficient (Wildman–Crippen LogP) is 3.84. The number of nitrogens with zero attached hydrogens (tertiary/aromatic N) is 2. The highest BCUT2D eigenvalue weighted by Crippen LogP contribution is 2.49. The molecule has 5 heteroatoms. The zero-order chi connectivity index (χ0) is 23.4. The molecule has 1 unspecified atom stereocenters. The molecule has 0 bridgehead atoms. The van der Waals surface area contributed by atoms with Crippen LogP contribution in [-0.4, -0.2) is 28.6 Å². The second-order valence-electron chi connectivity index (χ2n) is 8.01. The van der Waals surface area contributed by atoms with Gasteiger partial charge in [0.15, 0.2) is 0 Å². The molecule has 0 saturated heterocycles. The van der Waals surface area contributed by atoms with Crippen molar-refractivity contribution in [2.45, 2.75) is 5.79 Å². The molecule has 0 aromatic heterocycles. The van der Waals surface area contributed by atoms with E-state index in [-0.39, 0.29) is 11.8 Å². The molecule has 0 fully saturated rings. The van der Waals surface area contributed by atoms with E-state index in [9.17, 15) is 10.4 Å². The van der Waals surface area contributed by atoms with Gasteiger partial charge in [-0.15, -0.1) is 0 Å². The highest BCUT2D eigenvalue weighted by molar-refractivity contribution is 7.95. The Kier molecular flexibility index (Phi) is 5.90. The quantitative estimate of drug-likeness (QED) is 0.459. The average molecular weight is 462 g/mol. The van der Waals surface area contributed by atoms with Crippen LogP contribution in [0.25, 0.3) is 0 Å². The van der Waals surface area contributed by atoms with Crippen molar-refractivity contribution in [3.05, 3.63) is 127 Å². The number of hydrogen-bond acceptors (Lipinski definition) is 4. The Labute approximate surface area is 199 Å². The summed E-state index contributed by atoms with van der Waals surface area (Å²) in [5.74, 6) is -1.53. The van der Waals surface area contributed by atoms with Crippen LogP contribution in [0.5, 0.6) is 0 Å². The van der Waals surface area contributed by atoms with Gasteiger partial charge in [0.1, 0.15) is 17.9 Å². The van der Waals surface area contributed by atoms with Gasteiger partial charge in [0.2, 0.25) is 5.90 Å². The van der Waals surface area contributed by atoms with Crippen LogP contribution < -0.4 is 15.9 Å². The molecule has 4 aromatic rings. The summed E-state index contributed by atoms with van der Waals surface area (Å²) in [5.41, 5.74) is 0.763. The van der Waals surface area contributed by atoms with Gasteiger partial charge in [0, 0.05) is 5.56 Å². The first kappa shape index (κ1) is 21.9. The van der Waals surface area contributed by atoms with Crippen molar-refractivity contribution in [2.24, 2.45) is 4.99 Å². The number of ether oxygens (including phenoxy) is 1. The summed E-state index contributed by atoms with van der Waals surface area (Å²) in [6.45, 7) is -2.84.